The largest absolute Gasteiger partial charge is 0.306 e. The van der Waals surface area contributed by atoms with Crippen LogP contribution in [0.25, 0.3) is 0 Å². The lowest BCUT2D eigenvalue weighted by molar-refractivity contribution is 0.569. The van der Waals surface area contributed by atoms with E-state index < -0.39 is 0 Å². The zero-order valence-corrected chi connectivity index (χ0v) is 12.0. The molecule has 4 heteroatoms. The van der Waals surface area contributed by atoms with Gasteiger partial charge in [-0.15, -0.1) is 0 Å². The lowest BCUT2D eigenvalue weighted by atomic mass is 10.1. The summed E-state index contributed by atoms with van der Waals surface area (Å²) in [6, 6.07) is 12.1. The summed E-state index contributed by atoms with van der Waals surface area (Å²) in [5, 5.41) is 4.57. The van der Waals surface area contributed by atoms with Crippen LogP contribution < -0.4 is 5.32 Å². The molecule has 0 amide bonds. The van der Waals surface area contributed by atoms with E-state index in [0.717, 1.165) is 11.1 Å². The molecule has 0 saturated carbocycles. The third kappa shape index (κ3) is 3.93. The molecule has 1 N–H and O–H groups in total. The molecule has 2 rings (SSSR count). The Morgan fingerprint density at radius 3 is 2.68 bits per heavy atom. The van der Waals surface area contributed by atoms with Gasteiger partial charge in [-0.1, -0.05) is 35.3 Å². The van der Waals surface area contributed by atoms with Crippen LogP contribution in [0.3, 0.4) is 0 Å². The minimum atomic E-state index is -0.281. The fraction of sp³-hybridized carbons (Fsp3) is 0.200. The molecule has 2 aromatic carbocycles. The normalized spacial score (nSPS) is 12.4. The maximum absolute atomic E-state index is 13.1. The molecule has 0 bridgehead atoms. The van der Waals surface area contributed by atoms with Crippen molar-refractivity contribution in [2.75, 3.05) is 0 Å². The first kappa shape index (κ1) is 14.3. The Bertz CT molecular complexity index is 572. The summed E-state index contributed by atoms with van der Waals surface area (Å²) >= 11 is 12.0. The molecule has 0 heterocycles. The van der Waals surface area contributed by atoms with Crippen molar-refractivity contribution in [1.29, 1.82) is 0 Å². The number of hydrogen-bond acceptors (Lipinski definition) is 1. The van der Waals surface area contributed by atoms with Crippen molar-refractivity contribution in [2.45, 2.75) is 19.5 Å². The first-order valence-corrected chi connectivity index (χ1v) is 6.74. The smallest absolute Gasteiger partial charge is 0.123 e. The lowest BCUT2D eigenvalue weighted by Crippen LogP contribution is -2.18. The van der Waals surface area contributed by atoms with E-state index in [1.54, 1.807) is 6.07 Å². The van der Waals surface area contributed by atoms with Crippen molar-refractivity contribution in [3.05, 3.63) is 69.5 Å². The van der Waals surface area contributed by atoms with Crippen LogP contribution in [0.2, 0.25) is 10.0 Å². The van der Waals surface area contributed by atoms with Crippen LogP contribution in [0.15, 0.2) is 42.5 Å². The van der Waals surface area contributed by atoms with Gasteiger partial charge in [0.05, 0.1) is 0 Å². The highest BCUT2D eigenvalue weighted by molar-refractivity contribution is 6.31. The molecule has 0 radical (unpaired) electrons. The quantitative estimate of drug-likeness (QED) is 0.839. The van der Waals surface area contributed by atoms with E-state index in [4.69, 9.17) is 23.2 Å². The summed E-state index contributed by atoms with van der Waals surface area (Å²) in [4.78, 5) is 0. The fourth-order valence-electron chi connectivity index (χ4n) is 1.84. The predicted molar refractivity (Wildman–Crippen MR) is 78.1 cm³/mol. The van der Waals surface area contributed by atoms with E-state index in [-0.39, 0.29) is 11.9 Å². The number of rotatable bonds is 4. The SMILES string of the molecule is C[C@@H](NCc1cc(F)ccc1Cl)c1cccc(Cl)c1. The Hall–Kier alpha value is -1.09. The van der Waals surface area contributed by atoms with E-state index in [1.807, 2.05) is 31.2 Å². The van der Waals surface area contributed by atoms with Gasteiger partial charge < -0.3 is 5.32 Å². The second kappa shape index (κ2) is 6.38. The van der Waals surface area contributed by atoms with Crippen LogP contribution in [0.4, 0.5) is 4.39 Å². The van der Waals surface area contributed by atoms with Gasteiger partial charge in [-0.2, -0.15) is 0 Å². The van der Waals surface area contributed by atoms with E-state index in [0.29, 0.717) is 16.6 Å². The molecule has 1 atom stereocenters. The van der Waals surface area contributed by atoms with Crippen LogP contribution in [-0.4, -0.2) is 0 Å². The molecule has 100 valence electrons. The van der Waals surface area contributed by atoms with Gasteiger partial charge in [0.2, 0.25) is 0 Å². The van der Waals surface area contributed by atoms with Crippen molar-refractivity contribution < 1.29 is 4.39 Å². The third-order valence-corrected chi connectivity index (χ3v) is 3.56. The number of benzene rings is 2. The van der Waals surface area contributed by atoms with Crippen LogP contribution in [0.5, 0.6) is 0 Å². The van der Waals surface area contributed by atoms with Gasteiger partial charge in [-0.25, -0.2) is 4.39 Å². The first-order chi connectivity index (χ1) is 9.06. The molecule has 0 saturated heterocycles. The van der Waals surface area contributed by atoms with Gasteiger partial charge in [-0.05, 0) is 48.4 Å². The molecule has 0 unspecified atom stereocenters. The molecule has 0 aromatic heterocycles. The Kier molecular flexibility index (Phi) is 4.81. The van der Waals surface area contributed by atoms with Crippen molar-refractivity contribution in [1.82, 2.24) is 5.32 Å². The van der Waals surface area contributed by atoms with Gasteiger partial charge in [0.1, 0.15) is 5.82 Å². The van der Waals surface area contributed by atoms with Crippen LogP contribution in [-0.2, 0) is 6.54 Å². The van der Waals surface area contributed by atoms with E-state index in [2.05, 4.69) is 5.32 Å². The summed E-state index contributed by atoms with van der Waals surface area (Å²) < 4.78 is 13.1. The minimum absolute atomic E-state index is 0.109. The summed E-state index contributed by atoms with van der Waals surface area (Å²) in [6.45, 7) is 2.53. The topological polar surface area (TPSA) is 12.0 Å². The fourth-order valence-corrected chi connectivity index (χ4v) is 2.22. The summed E-state index contributed by atoms with van der Waals surface area (Å²) in [6.07, 6.45) is 0. The van der Waals surface area contributed by atoms with Gasteiger partial charge in [0.15, 0.2) is 0 Å². The molecule has 1 nitrogen and oxygen atoms in total. The van der Waals surface area contributed by atoms with Gasteiger partial charge >= 0.3 is 0 Å². The zero-order valence-electron chi connectivity index (χ0n) is 10.5. The van der Waals surface area contributed by atoms with Gasteiger partial charge in [0.25, 0.3) is 0 Å². The van der Waals surface area contributed by atoms with Crippen molar-refractivity contribution in [2.24, 2.45) is 0 Å². The van der Waals surface area contributed by atoms with Crippen molar-refractivity contribution in [3.63, 3.8) is 0 Å². The monoisotopic (exact) mass is 297 g/mol. The Labute approximate surface area is 122 Å². The van der Waals surface area contributed by atoms with Crippen LogP contribution in [0.1, 0.15) is 24.1 Å². The van der Waals surface area contributed by atoms with Crippen LogP contribution >= 0.6 is 23.2 Å². The second-order valence-electron chi connectivity index (χ2n) is 4.39. The molecular weight excluding hydrogens is 284 g/mol. The Balaban J connectivity index is 2.04. The molecule has 2 aromatic rings. The maximum Gasteiger partial charge on any atom is 0.123 e. The highest BCUT2D eigenvalue weighted by atomic mass is 35.5. The second-order valence-corrected chi connectivity index (χ2v) is 5.24. The number of hydrogen-bond donors (Lipinski definition) is 1. The van der Waals surface area contributed by atoms with Crippen molar-refractivity contribution in [3.8, 4) is 0 Å². The zero-order chi connectivity index (χ0) is 13.8. The lowest BCUT2D eigenvalue weighted by Gasteiger charge is -2.15. The average molecular weight is 298 g/mol. The number of halogens is 3. The van der Waals surface area contributed by atoms with Crippen LogP contribution in [0, 0.1) is 5.82 Å². The summed E-state index contributed by atoms with van der Waals surface area (Å²) in [5.74, 6) is -0.281. The third-order valence-electron chi connectivity index (χ3n) is 2.96. The summed E-state index contributed by atoms with van der Waals surface area (Å²) in [5.41, 5.74) is 1.83. The van der Waals surface area contributed by atoms with Crippen molar-refractivity contribution >= 4 is 23.2 Å². The standard InChI is InChI=1S/C15H14Cl2FN/c1-10(11-3-2-4-13(16)7-11)19-9-12-8-14(18)5-6-15(12)17/h2-8,10,19H,9H2,1H3/t10-/m1/s1. The van der Waals surface area contributed by atoms with Gasteiger partial charge in [-0.3, -0.25) is 0 Å². The van der Waals surface area contributed by atoms with E-state index >= 15 is 0 Å². The number of nitrogens with one attached hydrogen (secondary N) is 1. The molecule has 19 heavy (non-hydrogen) atoms. The average Bonchev–Trinajstić information content (AvgIpc) is 2.39. The first-order valence-electron chi connectivity index (χ1n) is 5.99. The predicted octanol–water partition coefficient (Wildman–Crippen LogP) is 4.98. The van der Waals surface area contributed by atoms with E-state index in [1.165, 1.54) is 12.1 Å². The molecule has 0 fully saturated rings. The Morgan fingerprint density at radius 2 is 1.95 bits per heavy atom. The molecule has 0 spiro atoms. The Morgan fingerprint density at radius 1 is 1.16 bits per heavy atom. The highest BCUT2D eigenvalue weighted by Gasteiger charge is 2.07. The molecule has 0 aliphatic heterocycles. The molecule has 0 aliphatic carbocycles. The van der Waals surface area contributed by atoms with E-state index in [9.17, 15) is 4.39 Å². The molecule has 0 aliphatic rings. The maximum atomic E-state index is 13.1. The highest BCUT2D eigenvalue weighted by Crippen LogP contribution is 2.20. The van der Waals surface area contributed by atoms with Gasteiger partial charge in [0, 0.05) is 22.6 Å². The minimum Gasteiger partial charge on any atom is -0.306 e. The molecular formula is C15H14Cl2FN. The summed E-state index contributed by atoms with van der Waals surface area (Å²) in [7, 11) is 0.